The minimum absolute atomic E-state index is 0.0476. The molecule has 3 rings (SSSR count). The first-order valence-corrected chi connectivity index (χ1v) is 8.72. The number of benzene rings is 1. The molecule has 0 saturated carbocycles. The maximum Gasteiger partial charge on any atom is 0.331 e. The number of ether oxygens (including phenoxy) is 1. The number of hydrogen-bond acceptors (Lipinski definition) is 4. The number of rotatable bonds is 6. The van der Waals surface area contributed by atoms with Crippen LogP contribution in [0.4, 0.5) is 0 Å². The Hall–Kier alpha value is -2.41. The van der Waals surface area contributed by atoms with Crippen molar-refractivity contribution in [1.29, 1.82) is 0 Å². The summed E-state index contributed by atoms with van der Waals surface area (Å²) in [6.07, 6.45) is 2.65. The molecular formula is C18H23N3O4. The highest BCUT2D eigenvalue weighted by Crippen LogP contribution is 2.11. The van der Waals surface area contributed by atoms with Gasteiger partial charge in [-0.3, -0.25) is 18.7 Å². The molecule has 1 N–H and O–H groups in total. The summed E-state index contributed by atoms with van der Waals surface area (Å²) in [5.41, 5.74) is -0.270. The van der Waals surface area contributed by atoms with Gasteiger partial charge in [0.25, 0.3) is 5.56 Å². The Morgan fingerprint density at radius 1 is 1.28 bits per heavy atom. The van der Waals surface area contributed by atoms with Crippen LogP contribution >= 0.6 is 0 Å². The molecule has 1 amide bonds. The highest BCUT2D eigenvalue weighted by atomic mass is 16.5. The fourth-order valence-electron chi connectivity index (χ4n) is 3.18. The average molecular weight is 345 g/mol. The third-order valence-corrected chi connectivity index (χ3v) is 4.43. The lowest BCUT2D eigenvalue weighted by molar-refractivity contribution is -0.122. The summed E-state index contributed by atoms with van der Waals surface area (Å²) in [6.45, 7) is 3.29. The molecule has 2 aromatic rings. The Bertz CT molecular complexity index is 878. The van der Waals surface area contributed by atoms with E-state index in [4.69, 9.17) is 4.74 Å². The van der Waals surface area contributed by atoms with Crippen LogP contribution < -0.4 is 16.6 Å². The molecule has 7 nitrogen and oxygen atoms in total. The van der Waals surface area contributed by atoms with Gasteiger partial charge in [-0.25, -0.2) is 4.79 Å². The molecule has 1 aromatic carbocycles. The van der Waals surface area contributed by atoms with E-state index in [1.54, 1.807) is 24.3 Å². The highest BCUT2D eigenvalue weighted by molar-refractivity contribution is 5.81. The van der Waals surface area contributed by atoms with Crippen LogP contribution in [0.1, 0.15) is 26.2 Å². The van der Waals surface area contributed by atoms with Gasteiger partial charge in [-0.15, -0.1) is 0 Å². The van der Waals surface area contributed by atoms with E-state index in [0.717, 1.165) is 19.4 Å². The topological polar surface area (TPSA) is 82.3 Å². The number of para-hydroxylation sites is 1. The molecule has 0 spiro atoms. The molecule has 134 valence electrons. The Morgan fingerprint density at radius 2 is 2.08 bits per heavy atom. The predicted molar refractivity (Wildman–Crippen MR) is 94.7 cm³/mol. The van der Waals surface area contributed by atoms with E-state index in [0.29, 0.717) is 30.4 Å². The van der Waals surface area contributed by atoms with Crippen LogP contribution in [0.2, 0.25) is 0 Å². The largest absolute Gasteiger partial charge is 0.376 e. The minimum Gasteiger partial charge on any atom is -0.376 e. The van der Waals surface area contributed by atoms with E-state index >= 15 is 0 Å². The van der Waals surface area contributed by atoms with Crippen LogP contribution in [0.25, 0.3) is 10.9 Å². The Labute approximate surface area is 145 Å². The number of carbonyl (C=O) groups is 1. The van der Waals surface area contributed by atoms with Crippen molar-refractivity contribution in [3.63, 3.8) is 0 Å². The summed E-state index contributed by atoms with van der Waals surface area (Å²) >= 11 is 0. The third-order valence-electron chi connectivity index (χ3n) is 4.43. The number of fused-ring (bicyclic) bond motifs is 1. The molecule has 1 aliphatic heterocycles. The minimum atomic E-state index is -0.446. The van der Waals surface area contributed by atoms with Crippen LogP contribution in [-0.2, 0) is 22.6 Å². The van der Waals surface area contributed by atoms with Crippen LogP contribution in [0.5, 0.6) is 0 Å². The smallest absolute Gasteiger partial charge is 0.331 e. The molecular weight excluding hydrogens is 322 g/mol. The molecule has 0 unspecified atom stereocenters. The van der Waals surface area contributed by atoms with Gasteiger partial charge in [-0.2, -0.15) is 0 Å². The zero-order chi connectivity index (χ0) is 17.8. The fourth-order valence-corrected chi connectivity index (χ4v) is 3.18. The number of carbonyl (C=O) groups excluding carboxylic acids is 1. The standard InChI is InChI=1S/C18H23N3O4/c1-2-9-20-17(23)14-7-3-4-8-15(14)21(18(20)24)12-16(22)19-11-13-6-5-10-25-13/h3-4,7-8,13H,2,5-6,9-12H2,1H3,(H,19,22)/t13-/m1/s1. The molecule has 1 aromatic heterocycles. The number of amides is 1. The summed E-state index contributed by atoms with van der Waals surface area (Å²) in [6, 6.07) is 6.89. The quantitative estimate of drug-likeness (QED) is 0.842. The molecule has 1 atom stereocenters. The van der Waals surface area contributed by atoms with E-state index in [-0.39, 0.29) is 24.1 Å². The summed E-state index contributed by atoms with van der Waals surface area (Å²) in [5, 5.41) is 3.27. The van der Waals surface area contributed by atoms with Crippen molar-refractivity contribution < 1.29 is 9.53 Å². The van der Waals surface area contributed by atoms with Crippen molar-refractivity contribution in [3.8, 4) is 0 Å². The van der Waals surface area contributed by atoms with E-state index in [9.17, 15) is 14.4 Å². The lowest BCUT2D eigenvalue weighted by Crippen LogP contribution is -2.43. The molecule has 0 radical (unpaired) electrons. The Morgan fingerprint density at radius 3 is 2.80 bits per heavy atom. The molecule has 0 aliphatic carbocycles. The van der Waals surface area contributed by atoms with E-state index < -0.39 is 5.69 Å². The van der Waals surface area contributed by atoms with Crippen LogP contribution in [-0.4, -0.2) is 34.3 Å². The zero-order valence-corrected chi connectivity index (χ0v) is 14.4. The van der Waals surface area contributed by atoms with Crippen molar-refractivity contribution >= 4 is 16.8 Å². The summed E-state index contributed by atoms with van der Waals surface area (Å²) < 4.78 is 8.06. The van der Waals surface area contributed by atoms with Gasteiger partial charge in [0, 0.05) is 19.7 Å². The number of nitrogens with zero attached hydrogens (tertiary/aromatic N) is 2. The lowest BCUT2D eigenvalue weighted by atomic mass is 10.2. The van der Waals surface area contributed by atoms with Gasteiger partial charge >= 0.3 is 5.69 Å². The Balaban J connectivity index is 1.90. The van der Waals surface area contributed by atoms with Crippen molar-refractivity contribution in [2.45, 2.75) is 45.4 Å². The van der Waals surface area contributed by atoms with Gasteiger partial charge in [0.1, 0.15) is 6.54 Å². The van der Waals surface area contributed by atoms with E-state index in [1.807, 2.05) is 6.92 Å². The monoisotopic (exact) mass is 345 g/mol. The van der Waals surface area contributed by atoms with Gasteiger partial charge in [0.15, 0.2) is 0 Å². The average Bonchev–Trinajstić information content (AvgIpc) is 3.14. The van der Waals surface area contributed by atoms with Gasteiger partial charge in [-0.1, -0.05) is 19.1 Å². The van der Waals surface area contributed by atoms with E-state index in [1.165, 1.54) is 9.13 Å². The number of hydrogen-bond donors (Lipinski definition) is 1. The fraction of sp³-hybridized carbons (Fsp3) is 0.500. The predicted octanol–water partition coefficient (Wildman–Crippen LogP) is 0.868. The van der Waals surface area contributed by atoms with Gasteiger partial charge in [0.2, 0.25) is 5.91 Å². The van der Waals surface area contributed by atoms with Crippen molar-refractivity contribution in [2.24, 2.45) is 0 Å². The molecule has 1 fully saturated rings. The van der Waals surface area contributed by atoms with Crippen molar-refractivity contribution in [1.82, 2.24) is 14.5 Å². The maximum atomic E-state index is 12.7. The second kappa shape index (κ2) is 7.65. The lowest BCUT2D eigenvalue weighted by Gasteiger charge is -2.15. The first-order valence-electron chi connectivity index (χ1n) is 8.72. The highest BCUT2D eigenvalue weighted by Gasteiger charge is 2.18. The van der Waals surface area contributed by atoms with Gasteiger partial charge < -0.3 is 10.1 Å². The molecule has 1 aliphatic rings. The molecule has 7 heteroatoms. The first kappa shape index (κ1) is 17.4. The third kappa shape index (κ3) is 3.66. The van der Waals surface area contributed by atoms with Crippen LogP contribution in [0, 0.1) is 0 Å². The molecule has 2 heterocycles. The number of nitrogens with one attached hydrogen (secondary N) is 1. The summed E-state index contributed by atoms with van der Waals surface area (Å²) in [4.78, 5) is 37.5. The summed E-state index contributed by atoms with van der Waals surface area (Å²) in [5.74, 6) is -0.260. The second-order valence-electron chi connectivity index (χ2n) is 6.28. The normalized spacial score (nSPS) is 17.1. The first-order chi connectivity index (χ1) is 12.1. The van der Waals surface area contributed by atoms with Crippen LogP contribution in [0.15, 0.2) is 33.9 Å². The molecule has 25 heavy (non-hydrogen) atoms. The maximum absolute atomic E-state index is 12.7. The Kier molecular flexibility index (Phi) is 5.33. The van der Waals surface area contributed by atoms with Crippen molar-refractivity contribution in [3.05, 3.63) is 45.1 Å². The second-order valence-corrected chi connectivity index (χ2v) is 6.28. The van der Waals surface area contributed by atoms with Crippen molar-refractivity contribution in [2.75, 3.05) is 13.2 Å². The number of aromatic nitrogens is 2. The summed E-state index contributed by atoms with van der Waals surface area (Å²) in [7, 11) is 0. The molecule has 1 saturated heterocycles. The molecule has 0 bridgehead atoms. The van der Waals surface area contributed by atoms with E-state index in [2.05, 4.69) is 5.32 Å². The van der Waals surface area contributed by atoms with Crippen LogP contribution in [0.3, 0.4) is 0 Å². The van der Waals surface area contributed by atoms with Gasteiger partial charge in [0.05, 0.1) is 17.0 Å². The zero-order valence-electron chi connectivity index (χ0n) is 14.4. The van der Waals surface area contributed by atoms with Gasteiger partial charge in [-0.05, 0) is 31.4 Å². The SMILES string of the molecule is CCCn1c(=O)c2ccccc2n(CC(=O)NC[C@H]2CCCO2)c1=O.